The molecule has 24 heavy (non-hydrogen) atoms. The van der Waals surface area contributed by atoms with Crippen molar-refractivity contribution >= 4 is 31.9 Å². The van der Waals surface area contributed by atoms with E-state index < -0.39 is 10.0 Å². The number of rotatable bonds is 3. The van der Waals surface area contributed by atoms with Gasteiger partial charge in [-0.15, -0.1) is 0 Å². The highest BCUT2D eigenvalue weighted by Crippen LogP contribution is 2.25. The maximum absolute atomic E-state index is 12.7. The van der Waals surface area contributed by atoms with Crippen LogP contribution in [0.1, 0.15) is 10.5 Å². The summed E-state index contributed by atoms with van der Waals surface area (Å²) in [5, 5.41) is 0. The van der Waals surface area contributed by atoms with Crippen LogP contribution in [0.4, 0.5) is 0 Å². The van der Waals surface area contributed by atoms with Crippen molar-refractivity contribution in [3.63, 3.8) is 0 Å². The lowest BCUT2D eigenvalue weighted by molar-refractivity contribution is 0.0692. The van der Waals surface area contributed by atoms with Gasteiger partial charge in [-0.25, -0.2) is 8.42 Å². The maximum Gasteiger partial charge on any atom is 0.272 e. The van der Waals surface area contributed by atoms with Crippen LogP contribution in [0.3, 0.4) is 0 Å². The summed E-state index contributed by atoms with van der Waals surface area (Å²) in [5.74, 6) is -0.173. The summed E-state index contributed by atoms with van der Waals surface area (Å²) in [6, 6.07) is 11.9. The normalized spacial score (nSPS) is 16.1. The molecule has 0 N–H and O–H groups in total. The summed E-state index contributed by atoms with van der Waals surface area (Å²) in [6.07, 6.45) is 1.57. The number of aromatic nitrogens is 1. The van der Waals surface area contributed by atoms with Crippen LogP contribution >= 0.6 is 15.9 Å². The number of pyridine rings is 1. The number of hydrogen-bond acceptors (Lipinski definition) is 4. The highest BCUT2D eigenvalue weighted by molar-refractivity contribution is 9.10. The molecular formula is C16H16BrN3O3S. The van der Waals surface area contributed by atoms with E-state index in [1.807, 2.05) is 0 Å². The van der Waals surface area contributed by atoms with Crippen LogP contribution in [0.5, 0.6) is 0 Å². The Labute approximate surface area is 149 Å². The third-order valence-electron chi connectivity index (χ3n) is 3.86. The Hall–Kier alpha value is -1.77. The highest BCUT2D eigenvalue weighted by Gasteiger charge is 2.31. The Bertz CT molecular complexity index is 835. The minimum Gasteiger partial charge on any atom is -0.335 e. The Morgan fingerprint density at radius 2 is 1.67 bits per heavy atom. The van der Waals surface area contributed by atoms with Crippen molar-refractivity contribution in [1.82, 2.24) is 14.2 Å². The number of halogens is 1. The predicted molar refractivity (Wildman–Crippen MR) is 93.0 cm³/mol. The minimum absolute atomic E-state index is 0.173. The number of amides is 1. The van der Waals surface area contributed by atoms with Gasteiger partial charge in [-0.2, -0.15) is 4.31 Å². The van der Waals surface area contributed by atoms with E-state index in [0.29, 0.717) is 23.3 Å². The van der Waals surface area contributed by atoms with Gasteiger partial charge in [0.15, 0.2) is 0 Å². The molecule has 126 valence electrons. The number of benzene rings is 1. The zero-order valence-corrected chi connectivity index (χ0v) is 15.2. The molecule has 1 amide bonds. The molecule has 0 bridgehead atoms. The summed E-state index contributed by atoms with van der Waals surface area (Å²) in [6.45, 7) is 1.22. The van der Waals surface area contributed by atoms with Crippen LogP contribution in [0.2, 0.25) is 0 Å². The Morgan fingerprint density at radius 3 is 2.29 bits per heavy atom. The first kappa shape index (κ1) is 17.1. The molecular weight excluding hydrogens is 394 g/mol. The smallest absolute Gasteiger partial charge is 0.272 e. The van der Waals surface area contributed by atoms with Crippen LogP contribution in [0, 0.1) is 0 Å². The summed E-state index contributed by atoms with van der Waals surface area (Å²) in [5.41, 5.74) is 0.375. The molecule has 3 rings (SSSR count). The molecule has 1 aromatic carbocycles. The molecule has 1 aliphatic heterocycles. The van der Waals surface area contributed by atoms with Crippen molar-refractivity contribution in [1.29, 1.82) is 0 Å². The fourth-order valence-electron chi connectivity index (χ4n) is 2.58. The molecule has 0 aliphatic carbocycles. The Balaban J connectivity index is 1.71. The molecule has 2 aromatic rings. The van der Waals surface area contributed by atoms with Gasteiger partial charge in [-0.3, -0.25) is 9.78 Å². The number of carbonyl (C=O) groups excluding carboxylic acids is 1. The van der Waals surface area contributed by atoms with E-state index in [1.54, 1.807) is 53.6 Å². The highest BCUT2D eigenvalue weighted by atomic mass is 79.9. The van der Waals surface area contributed by atoms with Crippen LogP contribution in [0.25, 0.3) is 0 Å². The fourth-order valence-corrected chi connectivity index (χ4v) is 4.96. The van der Waals surface area contributed by atoms with E-state index in [-0.39, 0.29) is 23.9 Å². The van der Waals surface area contributed by atoms with Crippen molar-refractivity contribution in [3.8, 4) is 0 Å². The van der Waals surface area contributed by atoms with E-state index in [2.05, 4.69) is 20.9 Å². The van der Waals surface area contributed by atoms with E-state index in [1.165, 1.54) is 4.31 Å². The van der Waals surface area contributed by atoms with Crippen LogP contribution < -0.4 is 0 Å². The lowest BCUT2D eigenvalue weighted by atomic mass is 10.3. The molecule has 6 nitrogen and oxygen atoms in total. The average Bonchev–Trinajstić information content (AvgIpc) is 2.62. The zero-order chi connectivity index (χ0) is 17.2. The standard InChI is InChI=1S/C16H16BrN3O3S/c17-13-5-1-2-7-15(13)24(22,23)20-11-9-19(10-12-20)16(21)14-6-3-4-8-18-14/h1-8H,9-12H2. The van der Waals surface area contributed by atoms with Crippen molar-refractivity contribution in [2.24, 2.45) is 0 Å². The van der Waals surface area contributed by atoms with Crippen LogP contribution in [0.15, 0.2) is 58.0 Å². The summed E-state index contributed by atoms with van der Waals surface area (Å²) in [7, 11) is -3.57. The molecule has 2 heterocycles. The summed E-state index contributed by atoms with van der Waals surface area (Å²) >= 11 is 3.29. The molecule has 1 saturated heterocycles. The van der Waals surface area contributed by atoms with Gasteiger partial charge in [0, 0.05) is 36.8 Å². The van der Waals surface area contributed by atoms with E-state index in [0.717, 1.165) is 0 Å². The fraction of sp³-hybridized carbons (Fsp3) is 0.250. The second-order valence-electron chi connectivity index (χ2n) is 5.34. The topological polar surface area (TPSA) is 70.6 Å². The number of sulfonamides is 1. The maximum atomic E-state index is 12.7. The Morgan fingerprint density at radius 1 is 1.00 bits per heavy atom. The zero-order valence-electron chi connectivity index (χ0n) is 12.8. The third kappa shape index (κ3) is 3.35. The molecule has 1 aliphatic rings. The molecule has 0 atom stereocenters. The first-order valence-electron chi connectivity index (χ1n) is 7.45. The van der Waals surface area contributed by atoms with Gasteiger partial charge in [0.05, 0.1) is 4.90 Å². The first-order chi connectivity index (χ1) is 11.5. The molecule has 0 spiro atoms. The summed E-state index contributed by atoms with van der Waals surface area (Å²) in [4.78, 5) is 18.3. The molecule has 1 aromatic heterocycles. The van der Waals surface area contributed by atoms with Gasteiger partial charge in [0.2, 0.25) is 10.0 Å². The van der Waals surface area contributed by atoms with Crippen molar-refractivity contribution in [2.45, 2.75) is 4.90 Å². The quantitative estimate of drug-likeness (QED) is 0.776. The molecule has 1 fully saturated rings. The van der Waals surface area contributed by atoms with E-state index >= 15 is 0 Å². The number of hydrogen-bond donors (Lipinski definition) is 0. The average molecular weight is 410 g/mol. The van der Waals surface area contributed by atoms with Crippen LogP contribution in [-0.2, 0) is 10.0 Å². The number of piperazine rings is 1. The first-order valence-corrected chi connectivity index (χ1v) is 9.68. The summed E-state index contributed by atoms with van der Waals surface area (Å²) < 4.78 is 27.4. The SMILES string of the molecule is O=C(c1ccccn1)N1CCN(S(=O)(=O)c2ccccc2Br)CC1. The molecule has 0 saturated carbocycles. The predicted octanol–water partition coefficient (Wildman–Crippen LogP) is 1.99. The Kier molecular flexibility index (Phi) is 4.98. The van der Waals surface area contributed by atoms with Gasteiger partial charge in [-0.1, -0.05) is 18.2 Å². The third-order valence-corrected chi connectivity index (χ3v) is 6.78. The molecule has 0 unspecified atom stereocenters. The van der Waals surface area contributed by atoms with Gasteiger partial charge >= 0.3 is 0 Å². The van der Waals surface area contributed by atoms with Gasteiger partial charge in [0.25, 0.3) is 5.91 Å². The molecule has 8 heteroatoms. The lowest BCUT2D eigenvalue weighted by Gasteiger charge is -2.34. The van der Waals surface area contributed by atoms with Gasteiger partial charge in [-0.05, 0) is 40.2 Å². The van der Waals surface area contributed by atoms with E-state index in [9.17, 15) is 13.2 Å². The van der Waals surface area contributed by atoms with Gasteiger partial charge in [0.1, 0.15) is 5.69 Å². The van der Waals surface area contributed by atoms with Crippen LogP contribution in [-0.4, -0.2) is 54.7 Å². The number of nitrogens with zero attached hydrogens (tertiary/aromatic N) is 3. The van der Waals surface area contributed by atoms with Gasteiger partial charge < -0.3 is 4.90 Å². The monoisotopic (exact) mass is 409 g/mol. The van der Waals surface area contributed by atoms with Crippen molar-refractivity contribution in [3.05, 3.63) is 58.8 Å². The van der Waals surface area contributed by atoms with Crippen molar-refractivity contribution in [2.75, 3.05) is 26.2 Å². The lowest BCUT2D eigenvalue weighted by Crippen LogP contribution is -2.50. The molecule has 0 radical (unpaired) electrons. The number of carbonyl (C=O) groups is 1. The second-order valence-corrected chi connectivity index (χ2v) is 8.10. The largest absolute Gasteiger partial charge is 0.335 e. The minimum atomic E-state index is -3.57. The van der Waals surface area contributed by atoms with Crippen molar-refractivity contribution < 1.29 is 13.2 Å². The van der Waals surface area contributed by atoms with E-state index in [4.69, 9.17) is 0 Å². The second kappa shape index (κ2) is 7.00.